The maximum atomic E-state index is 12.3. The minimum absolute atomic E-state index is 0.0339. The number of amides is 1. The number of carbonyl (C=O) groups is 1. The lowest BCUT2D eigenvalue weighted by molar-refractivity contribution is -0.135. The third-order valence-corrected chi connectivity index (χ3v) is 4.13. The molecule has 0 saturated carbocycles. The molecule has 0 N–H and O–H groups in total. The van der Waals surface area contributed by atoms with Gasteiger partial charge in [-0.25, -0.2) is 0 Å². The summed E-state index contributed by atoms with van der Waals surface area (Å²) >= 11 is 0. The molecule has 1 fully saturated rings. The summed E-state index contributed by atoms with van der Waals surface area (Å²) in [7, 11) is 0. The van der Waals surface area contributed by atoms with E-state index in [9.17, 15) is 4.79 Å². The lowest BCUT2D eigenvalue weighted by Crippen LogP contribution is -2.49. The average Bonchev–Trinajstić information content (AvgIpc) is 2.98. The number of aryl methyl sites for hydroxylation is 2. The number of ether oxygens (including phenoxy) is 1. The van der Waals surface area contributed by atoms with Gasteiger partial charge < -0.3 is 14.2 Å². The highest BCUT2D eigenvalue weighted by Crippen LogP contribution is 2.13. The maximum Gasteiger partial charge on any atom is 0.260 e. The van der Waals surface area contributed by atoms with Crippen molar-refractivity contribution in [2.45, 2.75) is 20.4 Å². The van der Waals surface area contributed by atoms with E-state index in [1.807, 2.05) is 49.1 Å². The van der Waals surface area contributed by atoms with Gasteiger partial charge in [-0.2, -0.15) is 0 Å². The summed E-state index contributed by atoms with van der Waals surface area (Å²) in [6.07, 6.45) is 0. The molecule has 128 valence electrons. The van der Waals surface area contributed by atoms with Gasteiger partial charge in [0.25, 0.3) is 5.91 Å². The van der Waals surface area contributed by atoms with Crippen LogP contribution in [0.5, 0.6) is 5.75 Å². The molecule has 6 heteroatoms. The summed E-state index contributed by atoms with van der Waals surface area (Å²) in [6, 6.07) is 9.69. The number of hydrogen-bond acceptors (Lipinski definition) is 5. The molecular weight excluding hydrogens is 306 g/mol. The van der Waals surface area contributed by atoms with Crippen molar-refractivity contribution in [1.29, 1.82) is 0 Å². The van der Waals surface area contributed by atoms with Crippen LogP contribution < -0.4 is 4.74 Å². The average molecular weight is 329 g/mol. The first-order valence-electron chi connectivity index (χ1n) is 8.22. The Morgan fingerprint density at radius 3 is 2.67 bits per heavy atom. The van der Waals surface area contributed by atoms with Crippen LogP contribution in [0.15, 0.2) is 34.9 Å². The Bertz CT molecular complexity index is 690. The van der Waals surface area contributed by atoms with Crippen LogP contribution in [0.4, 0.5) is 0 Å². The maximum absolute atomic E-state index is 12.3. The minimum Gasteiger partial charge on any atom is -0.484 e. The molecule has 0 spiro atoms. The van der Waals surface area contributed by atoms with Crippen LogP contribution >= 0.6 is 0 Å². The molecule has 0 unspecified atom stereocenters. The van der Waals surface area contributed by atoms with Gasteiger partial charge in [0.05, 0.1) is 12.2 Å². The molecule has 0 atom stereocenters. The van der Waals surface area contributed by atoms with E-state index in [4.69, 9.17) is 9.26 Å². The Morgan fingerprint density at radius 1 is 1.21 bits per heavy atom. The van der Waals surface area contributed by atoms with Crippen molar-refractivity contribution in [3.8, 4) is 5.75 Å². The normalized spacial score (nSPS) is 15.5. The SMILES string of the molecule is Cc1cccc(OCC(=O)N2CCN(Cc3cc(C)no3)CC2)c1. The molecule has 6 nitrogen and oxygen atoms in total. The predicted octanol–water partition coefficient (Wildman–Crippen LogP) is 2.01. The van der Waals surface area contributed by atoms with Gasteiger partial charge in [0, 0.05) is 32.2 Å². The summed E-state index contributed by atoms with van der Waals surface area (Å²) in [5.41, 5.74) is 2.02. The van der Waals surface area contributed by atoms with Gasteiger partial charge in [0.1, 0.15) is 5.75 Å². The van der Waals surface area contributed by atoms with Gasteiger partial charge in [0.2, 0.25) is 0 Å². The highest BCUT2D eigenvalue weighted by molar-refractivity contribution is 5.77. The lowest BCUT2D eigenvalue weighted by atomic mass is 10.2. The van der Waals surface area contributed by atoms with Gasteiger partial charge in [-0.15, -0.1) is 0 Å². The first kappa shape index (κ1) is 16.5. The van der Waals surface area contributed by atoms with Crippen molar-refractivity contribution in [2.24, 2.45) is 0 Å². The molecule has 2 aromatic rings. The number of nitrogens with zero attached hydrogens (tertiary/aromatic N) is 3. The van der Waals surface area contributed by atoms with E-state index in [1.165, 1.54) is 0 Å². The van der Waals surface area contributed by atoms with E-state index >= 15 is 0 Å². The molecule has 0 bridgehead atoms. The van der Waals surface area contributed by atoms with Crippen LogP contribution in [0.25, 0.3) is 0 Å². The highest BCUT2D eigenvalue weighted by Gasteiger charge is 2.22. The van der Waals surface area contributed by atoms with Crippen molar-refractivity contribution in [1.82, 2.24) is 15.0 Å². The van der Waals surface area contributed by atoms with Gasteiger partial charge in [-0.05, 0) is 31.5 Å². The molecule has 0 aliphatic carbocycles. The van der Waals surface area contributed by atoms with Crippen molar-refractivity contribution < 1.29 is 14.1 Å². The van der Waals surface area contributed by atoms with Crippen LogP contribution in [0, 0.1) is 13.8 Å². The van der Waals surface area contributed by atoms with Crippen LogP contribution in [0.3, 0.4) is 0 Å². The summed E-state index contributed by atoms with van der Waals surface area (Å²) in [5.74, 6) is 1.64. The Kier molecular flexibility index (Phi) is 5.15. The lowest BCUT2D eigenvalue weighted by Gasteiger charge is -2.34. The van der Waals surface area contributed by atoms with E-state index in [2.05, 4.69) is 10.1 Å². The second-order valence-corrected chi connectivity index (χ2v) is 6.20. The number of benzene rings is 1. The Labute approximate surface area is 142 Å². The minimum atomic E-state index is 0.0339. The first-order chi connectivity index (χ1) is 11.6. The topological polar surface area (TPSA) is 58.8 Å². The van der Waals surface area contributed by atoms with E-state index in [1.54, 1.807) is 0 Å². The van der Waals surface area contributed by atoms with Crippen molar-refractivity contribution in [2.75, 3.05) is 32.8 Å². The molecule has 1 saturated heterocycles. The van der Waals surface area contributed by atoms with Crippen LogP contribution in [-0.2, 0) is 11.3 Å². The second kappa shape index (κ2) is 7.49. The number of aromatic nitrogens is 1. The van der Waals surface area contributed by atoms with E-state index < -0.39 is 0 Å². The fourth-order valence-corrected chi connectivity index (χ4v) is 2.81. The van der Waals surface area contributed by atoms with Crippen molar-refractivity contribution in [3.63, 3.8) is 0 Å². The fourth-order valence-electron chi connectivity index (χ4n) is 2.81. The summed E-state index contributed by atoms with van der Waals surface area (Å²) in [5, 5.41) is 3.90. The molecule has 1 aliphatic heterocycles. The number of carbonyl (C=O) groups excluding carboxylic acids is 1. The Hall–Kier alpha value is -2.34. The fraction of sp³-hybridized carbons (Fsp3) is 0.444. The molecule has 0 radical (unpaired) electrons. The molecule has 3 rings (SSSR count). The number of rotatable bonds is 5. The summed E-state index contributed by atoms with van der Waals surface area (Å²) < 4.78 is 10.8. The Balaban J connectivity index is 1.43. The van der Waals surface area contributed by atoms with Crippen molar-refractivity contribution in [3.05, 3.63) is 47.3 Å². The third-order valence-electron chi connectivity index (χ3n) is 4.13. The largest absolute Gasteiger partial charge is 0.484 e. The van der Waals surface area contributed by atoms with E-state index in [-0.39, 0.29) is 12.5 Å². The molecule has 1 amide bonds. The van der Waals surface area contributed by atoms with E-state index in [0.29, 0.717) is 13.1 Å². The van der Waals surface area contributed by atoms with Crippen molar-refractivity contribution >= 4 is 5.91 Å². The molecule has 1 aromatic carbocycles. The monoisotopic (exact) mass is 329 g/mol. The molecule has 1 aliphatic rings. The zero-order valence-electron chi connectivity index (χ0n) is 14.2. The zero-order chi connectivity index (χ0) is 16.9. The van der Waals surface area contributed by atoms with Crippen LogP contribution in [-0.4, -0.2) is 53.6 Å². The van der Waals surface area contributed by atoms with Gasteiger partial charge in [-0.3, -0.25) is 9.69 Å². The van der Waals surface area contributed by atoms with Gasteiger partial charge in [-0.1, -0.05) is 17.3 Å². The molecule has 1 aromatic heterocycles. The Morgan fingerprint density at radius 2 is 2.00 bits per heavy atom. The smallest absolute Gasteiger partial charge is 0.260 e. The van der Waals surface area contributed by atoms with Gasteiger partial charge in [0.15, 0.2) is 12.4 Å². The second-order valence-electron chi connectivity index (χ2n) is 6.20. The number of hydrogen-bond donors (Lipinski definition) is 0. The zero-order valence-corrected chi connectivity index (χ0v) is 14.2. The summed E-state index contributed by atoms with van der Waals surface area (Å²) in [4.78, 5) is 16.4. The summed E-state index contributed by atoms with van der Waals surface area (Å²) in [6.45, 7) is 7.83. The quantitative estimate of drug-likeness (QED) is 0.840. The standard InChI is InChI=1S/C18H23N3O3/c1-14-4-3-5-16(10-14)23-13-18(22)21-8-6-20(7-9-21)12-17-11-15(2)19-24-17/h3-5,10-11H,6-9,12-13H2,1-2H3. The van der Waals surface area contributed by atoms with Crippen LogP contribution in [0.1, 0.15) is 17.0 Å². The van der Waals surface area contributed by atoms with Gasteiger partial charge >= 0.3 is 0 Å². The molecule has 2 heterocycles. The predicted molar refractivity (Wildman–Crippen MR) is 89.8 cm³/mol. The van der Waals surface area contributed by atoms with E-state index in [0.717, 1.165) is 42.4 Å². The highest BCUT2D eigenvalue weighted by atomic mass is 16.5. The molecule has 24 heavy (non-hydrogen) atoms. The number of piperazine rings is 1. The van der Waals surface area contributed by atoms with Crippen LogP contribution in [0.2, 0.25) is 0 Å². The molecular formula is C18H23N3O3. The third kappa shape index (κ3) is 4.35. The first-order valence-corrected chi connectivity index (χ1v) is 8.22.